The molecule has 0 aliphatic carbocycles. The zero-order chi connectivity index (χ0) is 11.4. The summed E-state index contributed by atoms with van der Waals surface area (Å²) >= 11 is 2.94. The Hall–Kier alpha value is -0.970. The summed E-state index contributed by atoms with van der Waals surface area (Å²) in [6.45, 7) is 0. The van der Waals surface area contributed by atoms with Crippen LogP contribution in [0.4, 0.5) is 8.78 Å². The van der Waals surface area contributed by atoms with Crippen molar-refractivity contribution >= 4 is 21.9 Å². The molecule has 0 unspecified atom stereocenters. The third-order valence-electron chi connectivity index (χ3n) is 1.96. The standard InChI is InChI=1S/C10H9BrF2O2/c11-7-4-5-8(12)6(10(7)13)2-1-3-9(14)15/h4-5H,1-3H2,(H,14,15). The van der Waals surface area contributed by atoms with Gasteiger partial charge in [0.2, 0.25) is 0 Å². The summed E-state index contributed by atoms with van der Waals surface area (Å²) in [5.74, 6) is -2.26. The molecule has 0 heterocycles. The van der Waals surface area contributed by atoms with Gasteiger partial charge in [0.15, 0.2) is 0 Å². The molecule has 1 aromatic carbocycles. The molecule has 5 heteroatoms. The zero-order valence-corrected chi connectivity index (χ0v) is 9.35. The summed E-state index contributed by atoms with van der Waals surface area (Å²) in [7, 11) is 0. The number of aliphatic carboxylic acids is 1. The van der Waals surface area contributed by atoms with Gasteiger partial charge in [-0.25, -0.2) is 8.78 Å². The fourth-order valence-electron chi connectivity index (χ4n) is 1.21. The molecule has 0 spiro atoms. The van der Waals surface area contributed by atoms with E-state index < -0.39 is 17.6 Å². The van der Waals surface area contributed by atoms with Crippen molar-refractivity contribution in [1.82, 2.24) is 0 Å². The molecule has 0 aliphatic heterocycles. The van der Waals surface area contributed by atoms with E-state index in [1.165, 1.54) is 6.07 Å². The molecule has 0 amide bonds. The lowest BCUT2D eigenvalue weighted by Gasteiger charge is -2.05. The van der Waals surface area contributed by atoms with Crippen LogP contribution in [0.15, 0.2) is 16.6 Å². The average Bonchev–Trinajstić information content (AvgIpc) is 2.17. The van der Waals surface area contributed by atoms with Gasteiger partial charge >= 0.3 is 5.97 Å². The van der Waals surface area contributed by atoms with Crippen molar-refractivity contribution in [2.24, 2.45) is 0 Å². The van der Waals surface area contributed by atoms with E-state index in [1.54, 1.807) is 0 Å². The number of rotatable bonds is 4. The highest BCUT2D eigenvalue weighted by Gasteiger charge is 2.12. The topological polar surface area (TPSA) is 37.3 Å². The van der Waals surface area contributed by atoms with Crippen molar-refractivity contribution in [2.75, 3.05) is 0 Å². The van der Waals surface area contributed by atoms with Gasteiger partial charge in [-0.05, 0) is 40.9 Å². The molecule has 0 atom stereocenters. The molecule has 2 nitrogen and oxygen atoms in total. The van der Waals surface area contributed by atoms with E-state index in [1.807, 2.05) is 0 Å². The number of halogens is 3. The summed E-state index contributed by atoms with van der Waals surface area (Å²) in [6.07, 6.45) is 0.217. The van der Waals surface area contributed by atoms with Crippen molar-refractivity contribution in [1.29, 1.82) is 0 Å². The van der Waals surface area contributed by atoms with Gasteiger partial charge in [0.1, 0.15) is 11.6 Å². The lowest BCUT2D eigenvalue weighted by molar-refractivity contribution is -0.137. The Morgan fingerprint density at radius 3 is 2.67 bits per heavy atom. The second-order valence-electron chi connectivity index (χ2n) is 3.07. The number of hydrogen-bond acceptors (Lipinski definition) is 1. The normalized spacial score (nSPS) is 10.3. The van der Waals surface area contributed by atoms with Gasteiger partial charge in [0, 0.05) is 12.0 Å². The summed E-state index contributed by atoms with van der Waals surface area (Å²) in [6, 6.07) is 2.44. The lowest BCUT2D eigenvalue weighted by atomic mass is 10.1. The quantitative estimate of drug-likeness (QED) is 0.860. The minimum atomic E-state index is -0.967. The van der Waals surface area contributed by atoms with Crippen LogP contribution in [-0.4, -0.2) is 11.1 Å². The van der Waals surface area contributed by atoms with Crippen molar-refractivity contribution in [3.8, 4) is 0 Å². The van der Waals surface area contributed by atoms with Gasteiger partial charge < -0.3 is 5.11 Å². The van der Waals surface area contributed by atoms with Crippen molar-refractivity contribution in [2.45, 2.75) is 19.3 Å². The zero-order valence-electron chi connectivity index (χ0n) is 7.77. The van der Waals surface area contributed by atoms with Gasteiger partial charge in [-0.1, -0.05) is 0 Å². The highest BCUT2D eigenvalue weighted by molar-refractivity contribution is 9.10. The van der Waals surface area contributed by atoms with E-state index in [9.17, 15) is 13.6 Å². The number of carbonyl (C=O) groups is 1. The van der Waals surface area contributed by atoms with Crippen LogP contribution in [0.5, 0.6) is 0 Å². The molecule has 0 radical (unpaired) electrons. The summed E-state index contributed by atoms with van der Waals surface area (Å²) in [5.41, 5.74) is -0.0642. The number of carboxylic acids is 1. The molecule has 1 N–H and O–H groups in total. The highest BCUT2D eigenvalue weighted by atomic mass is 79.9. The molecule has 0 fully saturated rings. The smallest absolute Gasteiger partial charge is 0.303 e. The Labute approximate surface area is 94.0 Å². The van der Waals surface area contributed by atoms with Crippen LogP contribution in [0.2, 0.25) is 0 Å². The lowest BCUT2D eigenvalue weighted by Crippen LogP contribution is -2.00. The van der Waals surface area contributed by atoms with Crippen LogP contribution in [0, 0.1) is 11.6 Å². The fraction of sp³-hybridized carbons (Fsp3) is 0.300. The number of hydrogen-bond donors (Lipinski definition) is 1. The monoisotopic (exact) mass is 278 g/mol. The van der Waals surface area contributed by atoms with Crippen LogP contribution < -0.4 is 0 Å². The second-order valence-corrected chi connectivity index (χ2v) is 3.92. The SMILES string of the molecule is O=C(O)CCCc1c(F)ccc(Br)c1F. The van der Waals surface area contributed by atoms with E-state index >= 15 is 0 Å². The maximum Gasteiger partial charge on any atom is 0.303 e. The first-order chi connectivity index (χ1) is 7.02. The fourth-order valence-corrected chi connectivity index (χ4v) is 1.59. The summed E-state index contributed by atoms with van der Waals surface area (Å²) < 4.78 is 26.7. The van der Waals surface area contributed by atoms with Crippen molar-refractivity contribution in [3.63, 3.8) is 0 Å². The van der Waals surface area contributed by atoms with Gasteiger partial charge in [0.25, 0.3) is 0 Å². The molecule has 0 saturated heterocycles. The molecule has 0 saturated carbocycles. The minimum absolute atomic E-state index is 0.0642. The number of benzene rings is 1. The predicted octanol–water partition coefficient (Wildman–Crippen LogP) is 3.13. The molecule has 0 aliphatic rings. The van der Waals surface area contributed by atoms with E-state index in [4.69, 9.17) is 5.11 Å². The minimum Gasteiger partial charge on any atom is -0.481 e. The molecule has 0 bridgehead atoms. The van der Waals surface area contributed by atoms with Crippen molar-refractivity contribution in [3.05, 3.63) is 33.8 Å². The molecule has 82 valence electrons. The Kier molecular flexibility index (Phi) is 4.20. The van der Waals surface area contributed by atoms with Gasteiger partial charge in [-0.2, -0.15) is 0 Å². The maximum absolute atomic E-state index is 13.4. The van der Waals surface area contributed by atoms with Crippen LogP contribution in [-0.2, 0) is 11.2 Å². The molecule has 15 heavy (non-hydrogen) atoms. The van der Waals surface area contributed by atoms with E-state index in [0.29, 0.717) is 0 Å². The molecule has 1 rings (SSSR count). The average molecular weight is 279 g/mol. The van der Waals surface area contributed by atoms with Gasteiger partial charge in [-0.15, -0.1) is 0 Å². The van der Waals surface area contributed by atoms with Crippen molar-refractivity contribution < 1.29 is 18.7 Å². The van der Waals surface area contributed by atoms with Gasteiger partial charge in [-0.3, -0.25) is 4.79 Å². The van der Waals surface area contributed by atoms with E-state index in [2.05, 4.69) is 15.9 Å². The maximum atomic E-state index is 13.4. The second kappa shape index (κ2) is 5.21. The predicted molar refractivity (Wildman–Crippen MR) is 54.6 cm³/mol. The summed E-state index contributed by atoms with van der Waals surface area (Å²) in [4.78, 5) is 10.2. The Morgan fingerprint density at radius 2 is 2.07 bits per heavy atom. The molecule has 1 aromatic rings. The largest absolute Gasteiger partial charge is 0.481 e. The third-order valence-corrected chi connectivity index (χ3v) is 2.57. The van der Waals surface area contributed by atoms with E-state index in [-0.39, 0.29) is 29.3 Å². The van der Waals surface area contributed by atoms with Crippen LogP contribution in [0.25, 0.3) is 0 Å². The first-order valence-corrected chi connectivity index (χ1v) is 5.16. The molecule has 0 aromatic heterocycles. The first kappa shape index (κ1) is 12.1. The summed E-state index contributed by atoms with van der Waals surface area (Å²) in [5, 5.41) is 8.39. The van der Waals surface area contributed by atoms with E-state index in [0.717, 1.165) is 6.07 Å². The molecular weight excluding hydrogens is 270 g/mol. The van der Waals surface area contributed by atoms with Crippen LogP contribution in [0.3, 0.4) is 0 Å². The highest BCUT2D eigenvalue weighted by Crippen LogP contribution is 2.22. The Balaban J connectivity index is 2.75. The number of carboxylic acid groups (broad SMARTS) is 1. The first-order valence-electron chi connectivity index (χ1n) is 4.36. The van der Waals surface area contributed by atoms with Crippen LogP contribution >= 0.6 is 15.9 Å². The third kappa shape index (κ3) is 3.27. The Morgan fingerprint density at radius 1 is 1.40 bits per heavy atom. The molecular formula is C10H9BrF2O2. The van der Waals surface area contributed by atoms with Crippen LogP contribution in [0.1, 0.15) is 18.4 Å². The Bertz CT molecular complexity index is 380. The van der Waals surface area contributed by atoms with Gasteiger partial charge in [0.05, 0.1) is 4.47 Å².